The first kappa shape index (κ1) is 18.7. The van der Waals surface area contributed by atoms with Crippen LogP contribution in [0.15, 0.2) is 54.0 Å². The number of rotatable bonds is 8. The molecule has 1 aromatic carbocycles. The van der Waals surface area contributed by atoms with Crippen LogP contribution in [-0.4, -0.2) is 21.9 Å². The highest BCUT2D eigenvalue weighted by atomic mass is 32.1. The molecule has 0 bridgehead atoms. The predicted octanol–water partition coefficient (Wildman–Crippen LogP) is 5.24. The number of benzene rings is 1. The van der Waals surface area contributed by atoms with E-state index in [0.29, 0.717) is 6.54 Å². The van der Waals surface area contributed by atoms with Gasteiger partial charge in [0.05, 0.1) is 17.7 Å². The number of anilines is 1. The number of hydrogen-bond acceptors (Lipinski definition) is 6. The zero-order valence-corrected chi connectivity index (χ0v) is 17.5. The summed E-state index contributed by atoms with van der Waals surface area (Å²) in [7, 11) is 1.68. The number of ether oxygens (including phenoxy) is 1. The Bertz CT molecular complexity index is 1040. The van der Waals surface area contributed by atoms with Gasteiger partial charge in [-0.25, -0.2) is 4.98 Å². The fraction of sp³-hybridized carbons (Fsp3) is 0.238. The molecule has 0 saturated heterocycles. The molecule has 4 aromatic rings. The zero-order chi connectivity index (χ0) is 19.3. The van der Waals surface area contributed by atoms with Crippen LogP contribution in [0.25, 0.3) is 10.6 Å². The van der Waals surface area contributed by atoms with Gasteiger partial charge < -0.3 is 10.1 Å². The Kier molecular flexibility index (Phi) is 5.73. The summed E-state index contributed by atoms with van der Waals surface area (Å²) in [5.41, 5.74) is 3.14. The van der Waals surface area contributed by atoms with E-state index in [1.54, 1.807) is 29.8 Å². The maximum Gasteiger partial charge on any atom is 0.183 e. The van der Waals surface area contributed by atoms with Crippen LogP contribution in [0.2, 0.25) is 0 Å². The van der Waals surface area contributed by atoms with Gasteiger partial charge in [0, 0.05) is 30.6 Å². The van der Waals surface area contributed by atoms with Crippen molar-refractivity contribution in [3.8, 4) is 16.3 Å². The molecule has 0 fully saturated rings. The van der Waals surface area contributed by atoms with Crippen LogP contribution < -0.4 is 10.1 Å². The van der Waals surface area contributed by atoms with Crippen molar-refractivity contribution in [2.45, 2.75) is 26.4 Å². The highest BCUT2D eigenvalue weighted by Crippen LogP contribution is 2.32. The Morgan fingerprint density at radius 1 is 1.18 bits per heavy atom. The second-order valence-electron chi connectivity index (χ2n) is 6.43. The van der Waals surface area contributed by atoms with Crippen molar-refractivity contribution in [3.63, 3.8) is 0 Å². The molecule has 3 heterocycles. The fourth-order valence-electron chi connectivity index (χ4n) is 2.96. The van der Waals surface area contributed by atoms with Gasteiger partial charge >= 0.3 is 0 Å². The Morgan fingerprint density at radius 2 is 2.11 bits per heavy atom. The summed E-state index contributed by atoms with van der Waals surface area (Å²) in [6.07, 6.45) is 3.05. The van der Waals surface area contributed by atoms with E-state index in [1.165, 1.54) is 4.88 Å². The molecule has 0 aliphatic heterocycles. The van der Waals surface area contributed by atoms with E-state index in [1.807, 2.05) is 36.0 Å². The van der Waals surface area contributed by atoms with Crippen LogP contribution in [0.1, 0.15) is 16.1 Å². The Labute approximate surface area is 172 Å². The first-order chi connectivity index (χ1) is 13.7. The average molecular weight is 411 g/mol. The lowest BCUT2D eigenvalue weighted by molar-refractivity contribution is 0.414. The minimum Gasteiger partial charge on any atom is -0.497 e. The van der Waals surface area contributed by atoms with E-state index in [2.05, 4.69) is 39.9 Å². The van der Waals surface area contributed by atoms with Crippen molar-refractivity contribution in [2.75, 3.05) is 12.4 Å². The highest BCUT2D eigenvalue weighted by molar-refractivity contribution is 7.19. The molecule has 4 rings (SSSR count). The standard InChI is InChI=1S/C21H22N4OS2/c1-15-20(19-9-11-25(24-19)10-8-18-7-4-12-27-18)28-21(23-15)22-14-16-5-3-6-17(13-16)26-2/h3-7,9,11-13H,8,10,14H2,1-2H3,(H,22,23). The zero-order valence-electron chi connectivity index (χ0n) is 15.9. The van der Waals surface area contributed by atoms with Gasteiger partial charge in [0.2, 0.25) is 0 Å². The molecular formula is C21H22N4OS2. The molecule has 7 heteroatoms. The van der Waals surface area contributed by atoms with Crippen molar-refractivity contribution in [1.29, 1.82) is 0 Å². The molecular weight excluding hydrogens is 388 g/mol. The van der Waals surface area contributed by atoms with Crippen LogP contribution in [0.5, 0.6) is 5.75 Å². The van der Waals surface area contributed by atoms with Crippen molar-refractivity contribution in [3.05, 3.63) is 70.2 Å². The molecule has 0 saturated carbocycles. The monoisotopic (exact) mass is 410 g/mol. The van der Waals surface area contributed by atoms with Gasteiger partial charge in [0.1, 0.15) is 11.4 Å². The smallest absolute Gasteiger partial charge is 0.183 e. The minimum absolute atomic E-state index is 0.707. The fourth-order valence-corrected chi connectivity index (χ4v) is 4.58. The van der Waals surface area contributed by atoms with Gasteiger partial charge in [-0.15, -0.1) is 11.3 Å². The van der Waals surface area contributed by atoms with E-state index in [-0.39, 0.29) is 0 Å². The molecule has 0 radical (unpaired) electrons. The van der Waals surface area contributed by atoms with E-state index in [9.17, 15) is 0 Å². The van der Waals surface area contributed by atoms with Crippen molar-refractivity contribution >= 4 is 27.8 Å². The summed E-state index contributed by atoms with van der Waals surface area (Å²) in [5.74, 6) is 0.864. The summed E-state index contributed by atoms with van der Waals surface area (Å²) in [6.45, 7) is 3.63. The average Bonchev–Trinajstić information content (AvgIpc) is 3.46. The number of aromatic nitrogens is 3. The third kappa shape index (κ3) is 4.43. The molecule has 144 valence electrons. The summed E-state index contributed by atoms with van der Waals surface area (Å²) in [4.78, 5) is 7.17. The van der Waals surface area contributed by atoms with Crippen LogP contribution in [0.3, 0.4) is 0 Å². The number of thiazole rings is 1. The van der Waals surface area contributed by atoms with Crippen LogP contribution in [0.4, 0.5) is 5.13 Å². The molecule has 28 heavy (non-hydrogen) atoms. The van der Waals surface area contributed by atoms with E-state index < -0.39 is 0 Å². The lowest BCUT2D eigenvalue weighted by atomic mass is 10.2. The molecule has 0 aliphatic carbocycles. The van der Waals surface area contributed by atoms with E-state index in [4.69, 9.17) is 9.84 Å². The maximum absolute atomic E-state index is 5.28. The molecule has 3 aromatic heterocycles. The van der Waals surface area contributed by atoms with Crippen LogP contribution >= 0.6 is 22.7 Å². The molecule has 0 atom stereocenters. The Hall–Kier alpha value is -2.64. The molecule has 0 amide bonds. The van der Waals surface area contributed by atoms with Crippen LogP contribution in [0, 0.1) is 6.92 Å². The molecule has 5 nitrogen and oxygen atoms in total. The normalized spacial score (nSPS) is 10.9. The lowest BCUT2D eigenvalue weighted by Crippen LogP contribution is -2.00. The van der Waals surface area contributed by atoms with Gasteiger partial charge in [0.25, 0.3) is 0 Å². The highest BCUT2D eigenvalue weighted by Gasteiger charge is 2.12. The second-order valence-corrected chi connectivity index (χ2v) is 8.46. The van der Waals surface area contributed by atoms with Crippen molar-refractivity contribution < 1.29 is 4.74 Å². The number of hydrogen-bond donors (Lipinski definition) is 1. The van der Waals surface area contributed by atoms with Gasteiger partial charge in [-0.1, -0.05) is 29.5 Å². The molecule has 1 N–H and O–H groups in total. The largest absolute Gasteiger partial charge is 0.497 e. The summed E-state index contributed by atoms with van der Waals surface area (Å²) in [5, 5.41) is 11.2. The van der Waals surface area contributed by atoms with Crippen molar-refractivity contribution in [2.24, 2.45) is 0 Å². The third-order valence-corrected chi connectivity index (χ3v) is 6.49. The number of aryl methyl sites for hydroxylation is 3. The summed E-state index contributed by atoms with van der Waals surface area (Å²) < 4.78 is 7.29. The Balaban J connectivity index is 1.41. The van der Waals surface area contributed by atoms with Gasteiger partial charge in [-0.05, 0) is 42.1 Å². The number of methoxy groups -OCH3 is 1. The number of thiophene rings is 1. The number of nitrogens with one attached hydrogen (secondary N) is 1. The van der Waals surface area contributed by atoms with E-state index in [0.717, 1.165) is 45.7 Å². The summed E-state index contributed by atoms with van der Waals surface area (Å²) in [6, 6.07) is 14.4. The molecule has 0 unspecified atom stereocenters. The predicted molar refractivity (Wildman–Crippen MR) is 116 cm³/mol. The van der Waals surface area contributed by atoms with Gasteiger partial charge in [0.15, 0.2) is 5.13 Å². The van der Waals surface area contributed by atoms with Crippen LogP contribution in [-0.2, 0) is 19.5 Å². The third-order valence-electron chi connectivity index (χ3n) is 4.42. The van der Waals surface area contributed by atoms with Crippen molar-refractivity contribution in [1.82, 2.24) is 14.8 Å². The lowest BCUT2D eigenvalue weighted by Gasteiger charge is -2.05. The first-order valence-corrected chi connectivity index (χ1v) is 10.8. The number of nitrogens with zero attached hydrogens (tertiary/aromatic N) is 3. The summed E-state index contributed by atoms with van der Waals surface area (Å²) >= 11 is 3.44. The first-order valence-electron chi connectivity index (χ1n) is 9.12. The van der Waals surface area contributed by atoms with Gasteiger partial charge in [-0.3, -0.25) is 4.68 Å². The minimum atomic E-state index is 0.707. The Morgan fingerprint density at radius 3 is 2.93 bits per heavy atom. The molecule has 0 aliphatic rings. The molecule has 0 spiro atoms. The van der Waals surface area contributed by atoms with Gasteiger partial charge in [-0.2, -0.15) is 5.10 Å². The van der Waals surface area contributed by atoms with E-state index >= 15 is 0 Å². The second kappa shape index (κ2) is 8.58. The quantitative estimate of drug-likeness (QED) is 0.432. The SMILES string of the molecule is COc1cccc(CNc2nc(C)c(-c3ccn(CCc4cccs4)n3)s2)c1. The maximum atomic E-state index is 5.28. The topological polar surface area (TPSA) is 52.0 Å².